The molecule has 0 fully saturated rings. The molecule has 94 valence electrons. The molecule has 4 heteroatoms. The van der Waals surface area contributed by atoms with Crippen molar-refractivity contribution in [3.05, 3.63) is 70.5 Å². The summed E-state index contributed by atoms with van der Waals surface area (Å²) in [7, 11) is 0. The summed E-state index contributed by atoms with van der Waals surface area (Å²) < 4.78 is 39.9. The van der Waals surface area contributed by atoms with E-state index >= 15 is 0 Å². The van der Waals surface area contributed by atoms with Gasteiger partial charge < -0.3 is 0 Å². The Morgan fingerprint density at radius 3 is 2.17 bits per heavy atom. The number of alkyl halides is 1. The summed E-state index contributed by atoms with van der Waals surface area (Å²) in [5, 5.41) is -0.847. The number of hydrogen-bond acceptors (Lipinski definition) is 0. The fourth-order valence-corrected chi connectivity index (χ4v) is 1.98. The molecule has 0 aliphatic heterocycles. The molecule has 1 unspecified atom stereocenters. The van der Waals surface area contributed by atoms with E-state index in [0.29, 0.717) is 5.56 Å². The minimum atomic E-state index is -0.847. The molecule has 2 aromatic carbocycles. The zero-order valence-electron chi connectivity index (χ0n) is 9.55. The van der Waals surface area contributed by atoms with Crippen LogP contribution in [0.1, 0.15) is 22.1 Å². The highest BCUT2D eigenvalue weighted by atomic mass is 35.5. The molecular formula is C14H10ClF3. The molecule has 0 nitrogen and oxygen atoms in total. The highest BCUT2D eigenvalue weighted by Gasteiger charge is 2.17. The number of rotatable bonds is 2. The predicted octanol–water partition coefficient (Wildman–Crippen LogP) is 4.74. The van der Waals surface area contributed by atoms with Crippen LogP contribution < -0.4 is 0 Å². The highest BCUT2D eigenvalue weighted by Crippen LogP contribution is 2.31. The molecule has 2 rings (SSSR count). The van der Waals surface area contributed by atoms with Gasteiger partial charge in [0.2, 0.25) is 0 Å². The molecule has 0 aliphatic carbocycles. The lowest BCUT2D eigenvalue weighted by Gasteiger charge is -2.12. The van der Waals surface area contributed by atoms with E-state index in [1.807, 2.05) is 0 Å². The van der Waals surface area contributed by atoms with Crippen molar-refractivity contribution in [1.29, 1.82) is 0 Å². The van der Waals surface area contributed by atoms with Crippen LogP contribution in [0.5, 0.6) is 0 Å². The van der Waals surface area contributed by atoms with Crippen molar-refractivity contribution in [2.45, 2.75) is 12.3 Å². The van der Waals surface area contributed by atoms with E-state index in [1.165, 1.54) is 31.2 Å². The molecule has 0 aromatic heterocycles. The van der Waals surface area contributed by atoms with Crippen molar-refractivity contribution in [2.24, 2.45) is 0 Å². The van der Waals surface area contributed by atoms with Crippen LogP contribution in [0.4, 0.5) is 13.2 Å². The molecule has 0 amide bonds. The van der Waals surface area contributed by atoms with Crippen molar-refractivity contribution in [3.63, 3.8) is 0 Å². The van der Waals surface area contributed by atoms with E-state index in [9.17, 15) is 13.2 Å². The standard InChI is InChI=1S/C14H10ClF3/c1-8-6-13(18)11(7-12(8)17)14(15)9-2-4-10(16)5-3-9/h2-7,14H,1H3. The molecule has 0 radical (unpaired) electrons. The Bertz CT molecular complexity index is 564. The van der Waals surface area contributed by atoms with Gasteiger partial charge in [0.25, 0.3) is 0 Å². The van der Waals surface area contributed by atoms with E-state index in [4.69, 9.17) is 11.6 Å². The Hall–Kier alpha value is -1.48. The molecule has 0 saturated carbocycles. The lowest BCUT2D eigenvalue weighted by molar-refractivity contribution is 0.580. The lowest BCUT2D eigenvalue weighted by atomic mass is 10.0. The van der Waals surface area contributed by atoms with Gasteiger partial charge in [0.1, 0.15) is 17.5 Å². The first-order valence-corrected chi connectivity index (χ1v) is 5.78. The maximum absolute atomic E-state index is 13.7. The fourth-order valence-electron chi connectivity index (χ4n) is 1.67. The maximum Gasteiger partial charge on any atom is 0.128 e. The number of aryl methyl sites for hydroxylation is 1. The van der Waals surface area contributed by atoms with Crippen molar-refractivity contribution < 1.29 is 13.2 Å². The third-order valence-electron chi connectivity index (χ3n) is 2.71. The third-order valence-corrected chi connectivity index (χ3v) is 3.20. The lowest BCUT2D eigenvalue weighted by Crippen LogP contribution is -2.00. The molecule has 0 saturated heterocycles. The Balaban J connectivity index is 2.42. The zero-order chi connectivity index (χ0) is 13.3. The first-order valence-electron chi connectivity index (χ1n) is 5.34. The van der Waals surface area contributed by atoms with Crippen molar-refractivity contribution >= 4 is 11.6 Å². The molecule has 1 atom stereocenters. The largest absolute Gasteiger partial charge is 0.207 e. The normalized spacial score (nSPS) is 12.5. The molecule has 18 heavy (non-hydrogen) atoms. The van der Waals surface area contributed by atoms with Crippen LogP contribution in [0.25, 0.3) is 0 Å². The van der Waals surface area contributed by atoms with Crippen molar-refractivity contribution in [3.8, 4) is 0 Å². The van der Waals surface area contributed by atoms with Crippen LogP contribution in [0.15, 0.2) is 36.4 Å². The molecule has 0 aliphatic rings. The van der Waals surface area contributed by atoms with Gasteiger partial charge in [-0.25, -0.2) is 13.2 Å². The molecule has 0 heterocycles. The van der Waals surface area contributed by atoms with Gasteiger partial charge in [0.05, 0.1) is 5.38 Å². The average Bonchev–Trinajstić information content (AvgIpc) is 2.34. The van der Waals surface area contributed by atoms with Gasteiger partial charge in [-0.05, 0) is 42.3 Å². The SMILES string of the molecule is Cc1cc(F)c(C(Cl)c2ccc(F)cc2)cc1F. The van der Waals surface area contributed by atoms with Crippen LogP contribution in [0.3, 0.4) is 0 Å². The van der Waals surface area contributed by atoms with E-state index in [1.54, 1.807) is 0 Å². The first kappa shape index (κ1) is 13.0. The zero-order valence-corrected chi connectivity index (χ0v) is 10.3. The Morgan fingerprint density at radius 1 is 0.944 bits per heavy atom. The molecule has 0 N–H and O–H groups in total. The highest BCUT2D eigenvalue weighted by molar-refractivity contribution is 6.22. The van der Waals surface area contributed by atoms with Gasteiger partial charge in [0.15, 0.2) is 0 Å². The number of benzene rings is 2. The monoisotopic (exact) mass is 270 g/mol. The maximum atomic E-state index is 13.7. The Morgan fingerprint density at radius 2 is 1.56 bits per heavy atom. The summed E-state index contributed by atoms with van der Waals surface area (Å²) in [5.41, 5.74) is 0.783. The summed E-state index contributed by atoms with van der Waals surface area (Å²) in [4.78, 5) is 0. The minimum Gasteiger partial charge on any atom is -0.207 e. The van der Waals surface area contributed by atoms with Crippen molar-refractivity contribution in [1.82, 2.24) is 0 Å². The van der Waals surface area contributed by atoms with E-state index in [2.05, 4.69) is 0 Å². The Labute approximate surface area is 108 Å². The molecule has 0 bridgehead atoms. The fraction of sp³-hybridized carbons (Fsp3) is 0.143. The van der Waals surface area contributed by atoms with Crippen LogP contribution in [0, 0.1) is 24.4 Å². The second-order valence-corrected chi connectivity index (χ2v) is 4.47. The van der Waals surface area contributed by atoms with Gasteiger partial charge in [0, 0.05) is 5.56 Å². The van der Waals surface area contributed by atoms with E-state index in [0.717, 1.165) is 12.1 Å². The predicted molar refractivity (Wildman–Crippen MR) is 65.2 cm³/mol. The number of halogens is 4. The summed E-state index contributed by atoms with van der Waals surface area (Å²) in [5.74, 6) is -1.49. The first-order chi connectivity index (χ1) is 8.49. The van der Waals surface area contributed by atoms with Gasteiger partial charge in [-0.1, -0.05) is 12.1 Å². The summed E-state index contributed by atoms with van der Waals surface area (Å²) in [6.45, 7) is 1.48. The van der Waals surface area contributed by atoms with Gasteiger partial charge in [-0.2, -0.15) is 0 Å². The van der Waals surface area contributed by atoms with E-state index < -0.39 is 22.8 Å². The average molecular weight is 271 g/mol. The second kappa shape index (κ2) is 5.02. The minimum absolute atomic E-state index is 0.0476. The Kier molecular flexibility index (Phi) is 3.62. The molecule has 2 aromatic rings. The van der Waals surface area contributed by atoms with Crippen LogP contribution in [-0.2, 0) is 0 Å². The molecule has 0 spiro atoms. The smallest absolute Gasteiger partial charge is 0.128 e. The summed E-state index contributed by atoms with van der Waals surface area (Å²) in [6, 6.07) is 7.53. The quantitative estimate of drug-likeness (QED) is 0.692. The topological polar surface area (TPSA) is 0 Å². The van der Waals surface area contributed by atoms with Gasteiger partial charge >= 0.3 is 0 Å². The number of hydrogen-bond donors (Lipinski definition) is 0. The van der Waals surface area contributed by atoms with Gasteiger partial charge in [-0.15, -0.1) is 11.6 Å². The summed E-state index contributed by atoms with van der Waals surface area (Å²) in [6.07, 6.45) is 0. The van der Waals surface area contributed by atoms with E-state index in [-0.39, 0.29) is 11.1 Å². The third kappa shape index (κ3) is 2.51. The van der Waals surface area contributed by atoms with Crippen LogP contribution in [-0.4, -0.2) is 0 Å². The second-order valence-electron chi connectivity index (χ2n) is 4.04. The van der Waals surface area contributed by atoms with Crippen LogP contribution >= 0.6 is 11.6 Å². The summed E-state index contributed by atoms with van der Waals surface area (Å²) >= 11 is 6.08. The van der Waals surface area contributed by atoms with Crippen LogP contribution in [0.2, 0.25) is 0 Å². The van der Waals surface area contributed by atoms with Crippen molar-refractivity contribution in [2.75, 3.05) is 0 Å². The van der Waals surface area contributed by atoms with Gasteiger partial charge in [-0.3, -0.25) is 0 Å². The molecular weight excluding hydrogens is 261 g/mol.